The van der Waals surface area contributed by atoms with Gasteiger partial charge in [-0.3, -0.25) is 9.55 Å². The van der Waals surface area contributed by atoms with Crippen LogP contribution >= 0.6 is 0 Å². The Kier molecular flexibility index (Phi) is 4.03. The second kappa shape index (κ2) is 6.52. The molecule has 4 aromatic rings. The summed E-state index contributed by atoms with van der Waals surface area (Å²) in [5.41, 5.74) is 14.0. The molecule has 0 saturated heterocycles. The first-order chi connectivity index (χ1) is 13.0. The Bertz CT molecular complexity index is 1110. The first-order valence-electron chi connectivity index (χ1n) is 8.25. The molecule has 0 aliphatic heterocycles. The molecule has 9 heteroatoms. The summed E-state index contributed by atoms with van der Waals surface area (Å²) in [5, 5.41) is 3.20. The first-order valence-corrected chi connectivity index (χ1v) is 8.25. The monoisotopic (exact) mass is 364 g/mol. The number of anilines is 3. The van der Waals surface area contributed by atoms with Crippen LogP contribution in [0.2, 0.25) is 0 Å². The third-order valence-electron chi connectivity index (χ3n) is 4.20. The van der Waals surface area contributed by atoms with Crippen molar-refractivity contribution in [1.82, 2.24) is 24.5 Å². The van der Waals surface area contributed by atoms with E-state index in [1.54, 1.807) is 18.5 Å². The average Bonchev–Trinajstić information content (AvgIpc) is 3.05. The highest BCUT2D eigenvalue weighted by atomic mass is 19.1. The molecule has 8 nitrogen and oxygen atoms in total. The number of nitrogens with zero attached hydrogens (tertiary/aromatic N) is 5. The van der Waals surface area contributed by atoms with Gasteiger partial charge >= 0.3 is 0 Å². The van der Waals surface area contributed by atoms with Crippen molar-refractivity contribution >= 4 is 28.4 Å². The number of nitrogens with two attached hydrogens (primary N) is 2. The number of rotatable bonds is 4. The molecule has 0 fully saturated rings. The summed E-state index contributed by atoms with van der Waals surface area (Å²) in [7, 11) is 0. The van der Waals surface area contributed by atoms with Crippen LogP contribution in [0.15, 0.2) is 49.1 Å². The maximum absolute atomic E-state index is 13.9. The van der Waals surface area contributed by atoms with Crippen molar-refractivity contribution in [2.24, 2.45) is 0 Å². The van der Waals surface area contributed by atoms with E-state index in [1.807, 2.05) is 23.6 Å². The molecule has 0 saturated carbocycles. The molecule has 0 unspecified atom stereocenters. The molecule has 0 aliphatic rings. The Labute approximate surface area is 154 Å². The van der Waals surface area contributed by atoms with Gasteiger partial charge in [-0.1, -0.05) is 0 Å². The zero-order valence-corrected chi connectivity index (χ0v) is 14.5. The van der Waals surface area contributed by atoms with Crippen molar-refractivity contribution in [2.45, 2.75) is 13.0 Å². The second-order valence-corrected chi connectivity index (χ2v) is 6.04. The molecule has 4 rings (SSSR count). The maximum Gasteiger partial charge on any atom is 0.155 e. The van der Waals surface area contributed by atoms with Gasteiger partial charge in [0.1, 0.15) is 23.7 Å². The standard InChI is InChI=1S/C18H17FN8/c1-10(25-17-15(20)16(21)23-9-24-17)18-26-13-5-4-11(19)7-14(13)27(18)12-3-2-6-22-8-12/h2-10H,20H2,1H3,(H3,21,23,24,25)/t10-/m0/s1. The minimum Gasteiger partial charge on any atom is -0.393 e. The third-order valence-corrected chi connectivity index (χ3v) is 4.20. The lowest BCUT2D eigenvalue weighted by molar-refractivity contribution is 0.629. The molecule has 5 N–H and O–H groups in total. The van der Waals surface area contributed by atoms with Crippen molar-refractivity contribution in [1.29, 1.82) is 0 Å². The summed E-state index contributed by atoms with van der Waals surface area (Å²) >= 11 is 0. The molecule has 1 aromatic carbocycles. The number of benzene rings is 1. The molecular weight excluding hydrogens is 347 g/mol. The number of aromatic nitrogens is 5. The van der Waals surface area contributed by atoms with Gasteiger partial charge in [0.2, 0.25) is 0 Å². The highest BCUT2D eigenvalue weighted by Crippen LogP contribution is 2.29. The van der Waals surface area contributed by atoms with E-state index >= 15 is 0 Å². The number of nitrogens with one attached hydrogen (secondary N) is 1. The molecule has 136 valence electrons. The Morgan fingerprint density at radius 2 is 2.04 bits per heavy atom. The lowest BCUT2D eigenvalue weighted by Crippen LogP contribution is -2.15. The number of imidazole rings is 1. The summed E-state index contributed by atoms with van der Waals surface area (Å²) in [5.74, 6) is 0.918. The fourth-order valence-electron chi connectivity index (χ4n) is 2.91. The van der Waals surface area contributed by atoms with E-state index in [2.05, 4.69) is 25.3 Å². The molecule has 3 heterocycles. The van der Waals surface area contributed by atoms with Crippen molar-refractivity contribution in [3.05, 3.63) is 60.7 Å². The highest BCUT2D eigenvalue weighted by molar-refractivity contribution is 5.79. The molecule has 3 aromatic heterocycles. The molecule has 0 radical (unpaired) electrons. The minimum atomic E-state index is -0.340. The van der Waals surface area contributed by atoms with E-state index in [0.29, 0.717) is 22.7 Å². The number of fused-ring (bicyclic) bond motifs is 1. The molecule has 0 spiro atoms. The number of nitrogen functional groups attached to an aromatic ring is 2. The summed E-state index contributed by atoms with van der Waals surface area (Å²) in [6.45, 7) is 1.90. The Hall–Kier alpha value is -3.75. The van der Waals surface area contributed by atoms with Gasteiger partial charge < -0.3 is 16.8 Å². The van der Waals surface area contributed by atoms with Crippen LogP contribution < -0.4 is 16.8 Å². The van der Waals surface area contributed by atoms with Gasteiger partial charge in [0.25, 0.3) is 0 Å². The fourth-order valence-corrected chi connectivity index (χ4v) is 2.91. The van der Waals surface area contributed by atoms with Gasteiger partial charge in [-0.05, 0) is 31.2 Å². The normalized spacial score (nSPS) is 12.2. The molecule has 27 heavy (non-hydrogen) atoms. The lowest BCUT2D eigenvalue weighted by atomic mass is 10.2. The van der Waals surface area contributed by atoms with Gasteiger partial charge in [0.05, 0.1) is 29.0 Å². The van der Waals surface area contributed by atoms with E-state index in [9.17, 15) is 4.39 Å². The van der Waals surface area contributed by atoms with Crippen molar-refractivity contribution in [3.63, 3.8) is 0 Å². The number of pyridine rings is 1. The van der Waals surface area contributed by atoms with Crippen LogP contribution in [0.25, 0.3) is 16.7 Å². The van der Waals surface area contributed by atoms with Gasteiger partial charge in [-0.15, -0.1) is 0 Å². The third kappa shape index (κ3) is 2.99. The van der Waals surface area contributed by atoms with Crippen LogP contribution in [0, 0.1) is 5.82 Å². The molecule has 0 amide bonds. The summed E-state index contributed by atoms with van der Waals surface area (Å²) in [6.07, 6.45) is 4.70. The predicted molar refractivity (Wildman–Crippen MR) is 102 cm³/mol. The average molecular weight is 364 g/mol. The number of hydrogen-bond donors (Lipinski definition) is 3. The molecule has 1 atom stereocenters. The highest BCUT2D eigenvalue weighted by Gasteiger charge is 2.20. The van der Waals surface area contributed by atoms with Crippen molar-refractivity contribution < 1.29 is 4.39 Å². The smallest absolute Gasteiger partial charge is 0.155 e. The molecular formula is C18H17FN8. The van der Waals surface area contributed by atoms with Crippen LogP contribution in [0.5, 0.6) is 0 Å². The Morgan fingerprint density at radius 1 is 1.19 bits per heavy atom. The van der Waals surface area contributed by atoms with Gasteiger partial charge in [0.15, 0.2) is 11.6 Å². The lowest BCUT2D eigenvalue weighted by Gasteiger charge is -2.17. The zero-order valence-electron chi connectivity index (χ0n) is 14.5. The van der Waals surface area contributed by atoms with E-state index in [1.165, 1.54) is 18.5 Å². The van der Waals surface area contributed by atoms with Crippen molar-refractivity contribution in [3.8, 4) is 5.69 Å². The minimum absolute atomic E-state index is 0.197. The van der Waals surface area contributed by atoms with Gasteiger partial charge in [-0.2, -0.15) is 0 Å². The van der Waals surface area contributed by atoms with Crippen LogP contribution in [0.1, 0.15) is 18.8 Å². The second-order valence-electron chi connectivity index (χ2n) is 6.04. The fraction of sp³-hybridized carbons (Fsp3) is 0.111. The van der Waals surface area contributed by atoms with Crippen LogP contribution in [-0.4, -0.2) is 24.5 Å². The summed E-state index contributed by atoms with van der Waals surface area (Å²) in [6, 6.07) is 7.86. The van der Waals surface area contributed by atoms with Crippen LogP contribution in [0.4, 0.5) is 21.7 Å². The SMILES string of the molecule is C[C@H](Nc1ncnc(N)c1N)c1nc2ccc(F)cc2n1-c1cccnc1. The van der Waals surface area contributed by atoms with Crippen molar-refractivity contribution in [2.75, 3.05) is 16.8 Å². The maximum atomic E-state index is 13.9. The summed E-state index contributed by atoms with van der Waals surface area (Å²) < 4.78 is 15.7. The van der Waals surface area contributed by atoms with E-state index < -0.39 is 0 Å². The first kappa shape index (κ1) is 16.7. The van der Waals surface area contributed by atoms with Gasteiger partial charge in [-0.25, -0.2) is 19.3 Å². The van der Waals surface area contributed by atoms with E-state index in [-0.39, 0.29) is 23.4 Å². The van der Waals surface area contributed by atoms with Gasteiger partial charge in [0, 0.05) is 12.3 Å². The molecule has 0 bridgehead atoms. The van der Waals surface area contributed by atoms with Crippen LogP contribution in [0.3, 0.4) is 0 Å². The summed E-state index contributed by atoms with van der Waals surface area (Å²) in [4.78, 5) is 16.8. The topological polar surface area (TPSA) is 121 Å². The zero-order chi connectivity index (χ0) is 19.0. The predicted octanol–water partition coefficient (Wildman–Crippen LogP) is 2.69. The van der Waals surface area contributed by atoms with E-state index in [0.717, 1.165) is 5.69 Å². The quantitative estimate of drug-likeness (QED) is 0.509. The Morgan fingerprint density at radius 3 is 2.81 bits per heavy atom. The molecule has 0 aliphatic carbocycles. The Balaban J connectivity index is 1.84. The number of hydrogen-bond acceptors (Lipinski definition) is 7. The van der Waals surface area contributed by atoms with Crippen LogP contribution in [-0.2, 0) is 0 Å². The number of halogens is 1. The largest absolute Gasteiger partial charge is 0.393 e. The van der Waals surface area contributed by atoms with E-state index in [4.69, 9.17) is 11.5 Å².